The van der Waals surface area contributed by atoms with Gasteiger partial charge in [-0.2, -0.15) is 0 Å². The maximum absolute atomic E-state index is 10.9. The summed E-state index contributed by atoms with van der Waals surface area (Å²) in [6, 6.07) is 7.18. The van der Waals surface area contributed by atoms with Gasteiger partial charge in [0.25, 0.3) is 0 Å². The summed E-state index contributed by atoms with van der Waals surface area (Å²) in [5, 5.41) is 0.678. The van der Waals surface area contributed by atoms with Gasteiger partial charge in [0.1, 0.15) is 0 Å². The highest BCUT2D eigenvalue weighted by Gasteiger charge is 2.00. The Bertz CT molecular complexity index is 266. The maximum atomic E-state index is 10.9. The van der Waals surface area contributed by atoms with Crippen molar-refractivity contribution < 1.29 is 4.79 Å². The lowest BCUT2D eigenvalue weighted by Gasteiger charge is -1.97. The minimum absolute atomic E-state index is 0.0268. The highest BCUT2D eigenvalue weighted by Crippen LogP contribution is 2.10. The Balaban J connectivity index is 2.64. The minimum Gasteiger partial charge on any atom is -0.298 e. The number of hydrogen-bond acceptors (Lipinski definition) is 1. The van der Waals surface area contributed by atoms with Crippen molar-refractivity contribution in [3.05, 3.63) is 34.9 Å². The van der Waals surface area contributed by atoms with Crippen LogP contribution in [0.25, 0.3) is 0 Å². The zero-order chi connectivity index (χ0) is 8.97. The highest BCUT2D eigenvalue weighted by atomic mass is 35.5. The van der Waals surface area contributed by atoms with Crippen molar-refractivity contribution in [1.29, 1.82) is 0 Å². The number of halogens is 2. The smallest absolute Gasteiger partial charge is 0.151 e. The molecule has 64 valence electrons. The molecule has 0 radical (unpaired) electrons. The van der Waals surface area contributed by atoms with Crippen molar-refractivity contribution >= 4 is 29.0 Å². The first-order valence-corrected chi connectivity index (χ1v) is 4.45. The van der Waals surface area contributed by atoms with E-state index in [4.69, 9.17) is 23.2 Å². The maximum Gasteiger partial charge on any atom is 0.151 e. The molecule has 1 rings (SSSR count). The molecular weight excluding hydrogens is 195 g/mol. The van der Waals surface area contributed by atoms with Crippen LogP contribution in [0.4, 0.5) is 0 Å². The van der Waals surface area contributed by atoms with Gasteiger partial charge in [-0.3, -0.25) is 4.79 Å². The van der Waals surface area contributed by atoms with E-state index in [-0.39, 0.29) is 11.7 Å². The molecule has 0 atom stereocenters. The van der Waals surface area contributed by atoms with Crippen LogP contribution in [0, 0.1) is 0 Å². The summed E-state index contributed by atoms with van der Waals surface area (Å²) in [5.74, 6) is 0.0989. The molecule has 0 fully saturated rings. The second kappa shape index (κ2) is 4.48. The number of alkyl halides is 1. The summed E-state index contributed by atoms with van der Waals surface area (Å²) in [5.41, 5.74) is 0.949. The molecule has 0 bridgehead atoms. The van der Waals surface area contributed by atoms with Gasteiger partial charge in [0.2, 0.25) is 0 Å². The minimum atomic E-state index is 0.0268. The Kier molecular flexibility index (Phi) is 3.57. The van der Waals surface area contributed by atoms with Crippen LogP contribution in [0.1, 0.15) is 5.56 Å². The molecule has 1 aromatic rings. The van der Waals surface area contributed by atoms with E-state index in [2.05, 4.69) is 0 Å². The number of rotatable bonds is 3. The van der Waals surface area contributed by atoms with Gasteiger partial charge in [0.15, 0.2) is 5.78 Å². The molecule has 12 heavy (non-hydrogen) atoms. The average Bonchev–Trinajstić information content (AvgIpc) is 2.09. The van der Waals surface area contributed by atoms with Crippen molar-refractivity contribution in [3.63, 3.8) is 0 Å². The summed E-state index contributed by atoms with van der Waals surface area (Å²) >= 11 is 11.0. The molecule has 0 aliphatic carbocycles. The molecule has 0 saturated heterocycles. The Morgan fingerprint density at radius 3 is 2.33 bits per heavy atom. The van der Waals surface area contributed by atoms with E-state index in [1.54, 1.807) is 12.1 Å². The molecule has 0 aromatic heterocycles. The molecule has 0 N–H and O–H groups in total. The van der Waals surface area contributed by atoms with Gasteiger partial charge in [0.05, 0.1) is 5.88 Å². The zero-order valence-electron chi connectivity index (χ0n) is 6.39. The highest BCUT2D eigenvalue weighted by molar-refractivity contribution is 6.30. The molecule has 0 saturated carbocycles. The van der Waals surface area contributed by atoms with Gasteiger partial charge in [0, 0.05) is 11.4 Å². The lowest BCUT2D eigenvalue weighted by Crippen LogP contribution is -2.03. The van der Waals surface area contributed by atoms with Crippen molar-refractivity contribution in [2.45, 2.75) is 6.42 Å². The SMILES string of the molecule is O=C(CCl)Cc1ccc(Cl)cc1. The van der Waals surface area contributed by atoms with E-state index in [1.807, 2.05) is 12.1 Å². The first-order valence-electron chi connectivity index (χ1n) is 3.54. The number of hydrogen-bond donors (Lipinski definition) is 0. The Morgan fingerprint density at radius 2 is 1.83 bits per heavy atom. The first-order chi connectivity index (χ1) is 5.72. The molecule has 0 unspecified atom stereocenters. The van der Waals surface area contributed by atoms with Gasteiger partial charge in [-0.15, -0.1) is 11.6 Å². The summed E-state index contributed by atoms with van der Waals surface area (Å²) in [7, 11) is 0. The number of ketones is 1. The Morgan fingerprint density at radius 1 is 1.25 bits per heavy atom. The van der Waals surface area contributed by atoms with Crippen LogP contribution in [0.5, 0.6) is 0 Å². The van der Waals surface area contributed by atoms with Crippen LogP contribution in [0.3, 0.4) is 0 Å². The topological polar surface area (TPSA) is 17.1 Å². The summed E-state index contributed by atoms with van der Waals surface area (Å²) in [6.45, 7) is 0. The second-order valence-electron chi connectivity index (χ2n) is 2.48. The van der Waals surface area contributed by atoms with Crippen LogP contribution in [-0.2, 0) is 11.2 Å². The molecule has 0 aliphatic heterocycles. The number of benzene rings is 1. The van der Waals surface area contributed by atoms with Crippen molar-refractivity contribution in [2.75, 3.05) is 5.88 Å². The fourth-order valence-corrected chi connectivity index (χ4v) is 1.10. The molecular formula is C9H8Cl2O. The predicted molar refractivity (Wildman–Crippen MR) is 50.9 cm³/mol. The van der Waals surface area contributed by atoms with E-state index >= 15 is 0 Å². The molecule has 0 amide bonds. The summed E-state index contributed by atoms with van der Waals surface area (Å²) in [4.78, 5) is 10.9. The fourth-order valence-electron chi connectivity index (χ4n) is 0.877. The lowest BCUT2D eigenvalue weighted by atomic mass is 10.1. The predicted octanol–water partition coefficient (Wildman–Crippen LogP) is 2.69. The van der Waals surface area contributed by atoms with Crippen molar-refractivity contribution in [3.8, 4) is 0 Å². The summed E-state index contributed by atoms with van der Waals surface area (Å²) in [6.07, 6.45) is 0.390. The third-order valence-electron chi connectivity index (χ3n) is 1.46. The Labute approximate surface area is 81.3 Å². The fraction of sp³-hybridized carbons (Fsp3) is 0.222. The van der Waals surface area contributed by atoms with E-state index in [0.29, 0.717) is 11.4 Å². The molecule has 0 spiro atoms. The average molecular weight is 203 g/mol. The summed E-state index contributed by atoms with van der Waals surface area (Å²) < 4.78 is 0. The largest absolute Gasteiger partial charge is 0.298 e. The van der Waals surface area contributed by atoms with Crippen LogP contribution < -0.4 is 0 Å². The third kappa shape index (κ3) is 2.84. The molecule has 1 nitrogen and oxygen atoms in total. The lowest BCUT2D eigenvalue weighted by molar-refractivity contribution is -0.116. The van der Waals surface area contributed by atoms with Crippen molar-refractivity contribution in [1.82, 2.24) is 0 Å². The third-order valence-corrected chi connectivity index (χ3v) is 2.01. The van der Waals surface area contributed by atoms with E-state index in [9.17, 15) is 4.79 Å². The second-order valence-corrected chi connectivity index (χ2v) is 3.18. The van der Waals surface area contributed by atoms with Gasteiger partial charge in [-0.25, -0.2) is 0 Å². The van der Waals surface area contributed by atoms with E-state index in [1.165, 1.54) is 0 Å². The molecule has 0 aliphatic rings. The first kappa shape index (κ1) is 9.56. The number of carbonyl (C=O) groups excluding carboxylic acids is 1. The van der Waals surface area contributed by atoms with Crippen LogP contribution in [0.15, 0.2) is 24.3 Å². The number of carbonyl (C=O) groups is 1. The van der Waals surface area contributed by atoms with Crippen LogP contribution >= 0.6 is 23.2 Å². The van der Waals surface area contributed by atoms with Crippen LogP contribution in [0.2, 0.25) is 5.02 Å². The van der Waals surface area contributed by atoms with Crippen molar-refractivity contribution in [2.24, 2.45) is 0 Å². The molecule has 0 heterocycles. The van der Waals surface area contributed by atoms with Gasteiger partial charge in [-0.05, 0) is 17.7 Å². The van der Waals surface area contributed by atoms with E-state index < -0.39 is 0 Å². The normalized spacial score (nSPS) is 9.83. The van der Waals surface area contributed by atoms with Gasteiger partial charge in [-0.1, -0.05) is 23.7 Å². The zero-order valence-corrected chi connectivity index (χ0v) is 7.90. The number of Topliss-reactive ketones (excluding diaryl/α,β-unsaturated/α-hetero) is 1. The van der Waals surface area contributed by atoms with Crippen LogP contribution in [-0.4, -0.2) is 11.7 Å². The molecule has 3 heteroatoms. The van der Waals surface area contributed by atoms with E-state index in [0.717, 1.165) is 5.56 Å². The van der Waals surface area contributed by atoms with Gasteiger partial charge >= 0.3 is 0 Å². The molecule has 1 aromatic carbocycles. The Hall–Kier alpha value is -0.530. The quantitative estimate of drug-likeness (QED) is 0.690. The van der Waals surface area contributed by atoms with Gasteiger partial charge < -0.3 is 0 Å². The monoisotopic (exact) mass is 202 g/mol. The standard InChI is InChI=1S/C9H8Cl2O/c10-6-9(12)5-7-1-3-8(11)4-2-7/h1-4H,5-6H2.